The smallest absolute Gasteiger partial charge is 0.296 e. The molecule has 8 heteroatoms. The molecule has 0 atom stereocenters. The van der Waals surface area contributed by atoms with E-state index < -0.39 is 21.9 Å². The molecule has 0 spiro atoms. The van der Waals surface area contributed by atoms with Crippen LogP contribution in [0.2, 0.25) is 0 Å². The molecule has 0 saturated carbocycles. The van der Waals surface area contributed by atoms with E-state index in [4.69, 9.17) is 0 Å². The normalized spacial score (nSPS) is 15.0. The Balaban J connectivity index is 1.96. The van der Waals surface area contributed by atoms with Gasteiger partial charge in [-0.3, -0.25) is 13.8 Å². The number of benzene rings is 3. The summed E-state index contributed by atoms with van der Waals surface area (Å²) in [6.07, 6.45) is 0. The van der Waals surface area contributed by atoms with Crippen molar-refractivity contribution in [3.05, 3.63) is 95.6 Å². The molecule has 4 rings (SSSR count). The van der Waals surface area contributed by atoms with Crippen molar-refractivity contribution in [3.8, 4) is 0 Å². The van der Waals surface area contributed by atoms with Crippen LogP contribution < -0.4 is 4.90 Å². The van der Waals surface area contributed by atoms with Crippen molar-refractivity contribution >= 4 is 39.0 Å². The molecule has 0 radical (unpaired) electrons. The fourth-order valence-electron chi connectivity index (χ4n) is 3.38. The molecule has 31 heavy (non-hydrogen) atoms. The molecule has 0 fully saturated rings. The van der Waals surface area contributed by atoms with Gasteiger partial charge in [0.25, 0.3) is 21.9 Å². The lowest BCUT2D eigenvalue weighted by atomic mass is 10.0. The van der Waals surface area contributed by atoms with Gasteiger partial charge in [0.15, 0.2) is 0 Å². The van der Waals surface area contributed by atoms with Crippen molar-refractivity contribution in [3.63, 3.8) is 0 Å². The van der Waals surface area contributed by atoms with E-state index in [9.17, 15) is 23.1 Å². The molecule has 1 aliphatic heterocycles. The monoisotopic (exact) mass is 435 g/mol. The second-order valence-corrected chi connectivity index (χ2v) is 8.41. The minimum atomic E-state index is -4.06. The van der Waals surface area contributed by atoms with Gasteiger partial charge in [0.1, 0.15) is 5.76 Å². The number of fused-ring (bicyclic) bond motifs is 1. The van der Waals surface area contributed by atoms with Crippen molar-refractivity contribution in [2.75, 3.05) is 12.0 Å². The highest BCUT2D eigenvalue weighted by Crippen LogP contribution is 2.42. The van der Waals surface area contributed by atoms with E-state index in [1.807, 2.05) is 0 Å². The first-order valence-electron chi connectivity index (χ1n) is 9.22. The SMILES string of the molecule is COS(=O)(=O)c1ccc2c(c1)/C(=C(/O)c1ccccc1)C(=O)N2C(=O)c1ccccc1. The van der Waals surface area contributed by atoms with E-state index in [0.717, 1.165) is 12.0 Å². The number of aliphatic hydroxyl groups excluding tert-OH is 1. The summed E-state index contributed by atoms with van der Waals surface area (Å²) < 4.78 is 29.0. The van der Waals surface area contributed by atoms with Crippen LogP contribution in [-0.4, -0.2) is 32.4 Å². The van der Waals surface area contributed by atoms with Gasteiger partial charge in [-0.15, -0.1) is 0 Å². The zero-order valence-corrected chi connectivity index (χ0v) is 17.2. The number of carbonyl (C=O) groups excluding carboxylic acids is 2. The average molecular weight is 435 g/mol. The van der Waals surface area contributed by atoms with E-state index in [2.05, 4.69) is 4.18 Å². The number of nitrogens with zero attached hydrogens (tertiary/aromatic N) is 1. The minimum Gasteiger partial charge on any atom is -0.506 e. The van der Waals surface area contributed by atoms with Gasteiger partial charge in [0, 0.05) is 16.7 Å². The number of hydrogen-bond acceptors (Lipinski definition) is 6. The molecule has 0 aromatic heterocycles. The average Bonchev–Trinajstić information content (AvgIpc) is 3.10. The van der Waals surface area contributed by atoms with Gasteiger partial charge in [-0.25, -0.2) is 4.90 Å². The number of anilines is 1. The third kappa shape index (κ3) is 3.52. The molecule has 156 valence electrons. The summed E-state index contributed by atoms with van der Waals surface area (Å²) in [5.41, 5.74) is 0.750. The quantitative estimate of drug-likeness (QED) is 0.291. The Bertz CT molecular complexity index is 1310. The molecule has 7 nitrogen and oxygen atoms in total. The lowest BCUT2D eigenvalue weighted by Gasteiger charge is -2.15. The number of carbonyl (C=O) groups is 2. The first kappa shape index (κ1) is 20.5. The van der Waals surface area contributed by atoms with Crippen molar-refractivity contribution in [2.24, 2.45) is 0 Å². The summed E-state index contributed by atoms with van der Waals surface area (Å²) in [5, 5.41) is 10.9. The molecule has 1 aliphatic rings. The maximum Gasteiger partial charge on any atom is 0.296 e. The van der Waals surface area contributed by atoms with Gasteiger partial charge in [0.2, 0.25) is 0 Å². The van der Waals surface area contributed by atoms with Crippen LogP contribution in [0.25, 0.3) is 11.3 Å². The van der Waals surface area contributed by atoms with Crippen LogP contribution >= 0.6 is 0 Å². The topological polar surface area (TPSA) is 101 Å². The van der Waals surface area contributed by atoms with Crippen LogP contribution in [0.5, 0.6) is 0 Å². The van der Waals surface area contributed by atoms with Crippen LogP contribution in [0.3, 0.4) is 0 Å². The van der Waals surface area contributed by atoms with Gasteiger partial charge >= 0.3 is 0 Å². The van der Waals surface area contributed by atoms with E-state index in [0.29, 0.717) is 5.56 Å². The summed E-state index contributed by atoms with van der Waals surface area (Å²) in [6.45, 7) is 0. The van der Waals surface area contributed by atoms with Crippen LogP contribution in [-0.2, 0) is 19.1 Å². The van der Waals surface area contributed by atoms with Crippen molar-refractivity contribution in [1.29, 1.82) is 0 Å². The zero-order chi connectivity index (χ0) is 22.2. The highest BCUT2D eigenvalue weighted by atomic mass is 32.2. The summed E-state index contributed by atoms with van der Waals surface area (Å²) in [4.78, 5) is 27.2. The number of aliphatic hydroxyl groups is 1. The van der Waals surface area contributed by atoms with E-state index in [-0.39, 0.29) is 33.0 Å². The Morgan fingerprint density at radius 1 is 0.903 bits per heavy atom. The number of hydrogen-bond donors (Lipinski definition) is 1. The van der Waals surface area contributed by atoms with E-state index >= 15 is 0 Å². The molecule has 3 aromatic rings. The Morgan fingerprint density at radius 2 is 1.48 bits per heavy atom. The Hall–Kier alpha value is -3.75. The third-order valence-electron chi connectivity index (χ3n) is 4.91. The molecule has 0 aliphatic carbocycles. The van der Waals surface area contributed by atoms with Gasteiger partial charge in [-0.05, 0) is 30.3 Å². The summed E-state index contributed by atoms with van der Waals surface area (Å²) in [7, 11) is -3.03. The molecule has 0 unspecified atom stereocenters. The molecule has 3 aromatic carbocycles. The summed E-state index contributed by atoms with van der Waals surface area (Å²) in [6, 6.07) is 20.4. The largest absolute Gasteiger partial charge is 0.506 e. The highest BCUT2D eigenvalue weighted by Gasteiger charge is 2.40. The van der Waals surface area contributed by atoms with Gasteiger partial charge in [-0.1, -0.05) is 48.5 Å². The first-order valence-corrected chi connectivity index (χ1v) is 10.6. The zero-order valence-electron chi connectivity index (χ0n) is 16.3. The van der Waals surface area contributed by atoms with Gasteiger partial charge in [-0.2, -0.15) is 8.42 Å². The summed E-state index contributed by atoms with van der Waals surface area (Å²) >= 11 is 0. The fourth-order valence-corrected chi connectivity index (χ4v) is 4.07. The lowest BCUT2D eigenvalue weighted by Crippen LogP contribution is -2.33. The number of amides is 2. The van der Waals surface area contributed by atoms with Gasteiger partial charge in [0.05, 0.1) is 23.3 Å². The van der Waals surface area contributed by atoms with Crippen molar-refractivity contribution < 1.29 is 27.3 Å². The minimum absolute atomic E-state index is 0.119. The lowest BCUT2D eigenvalue weighted by molar-refractivity contribution is -0.112. The van der Waals surface area contributed by atoms with Crippen LogP contribution in [0.15, 0.2) is 83.8 Å². The molecule has 2 amide bonds. The van der Waals surface area contributed by atoms with Crippen LogP contribution in [0.4, 0.5) is 5.69 Å². The Kier molecular flexibility index (Phi) is 5.18. The van der Waals surface area contributed by atoms with Crippen molar-refractivity contribution in [2.45, 2.75) is 4.90 Å². The molecule has 1 N–H and O–H groups in total. The Labute approximate surface area is 178 Å². The van der Waals surface area contributed by atoms with E-state index in [1.165, 1.54) is 18.2 Å². The standard InChI is InChI=1S/C23H17NO6S/c1-30-31(28,29)17-12-13-19-18(14-17)20(21(25)15-8-4-2-5-9-15)23(27)24(19)22(26)16-10-6-3-7-11-16/h2-14,25H,1H3/b21-20-. The molecular formula is C23H17NO6S. The van der Waals surface area contributed by atoms with Crippen LogP contribution in [0, 0.1) is 0 Å². The first-order chi connectivity index (χ1) is 14.8. The number of imide groups is 1. The van der Waals surface area contributed by atoms with E-state index in [1.54, 1.807) is 60.7 Å². The maximum atomic E-state index is 13.3. The third-order valence-corrected chi connectivity index (χ3v) is 6.18. The molecular weight excluding hydrogens is 418 g/mol. The molecule has 0 saturated heterocycles. The molecule has 1 heterocycles. The predicted molar refractivity (Wildman–Crippen MR) is 115 cm³/mol. The predicted octanol–water partition coefficient (Wildman–Crippen LogP) is 3.64. The van der Waals surface area contributed by atoms with Crippen LogP contribution in [0.1, 0.15) is 21.5 Å². The van der Waals surface area contributed by atoms with Crippen molar-refractivity contribution in [1.82, 2.24) is 0 Å². The second-order valence-electron chi connectivity index (χ2n) is 6.70. The molecule has 0 bridgehead atoms. The fraction of sp³-hybridized carbons (Fsp3) is 0.0435. The second kappa shape index (κ2) is 7.82. The van der Waals surface area contributed by atoms with Gasteiger partial charge < -0.3 is 5.11 Å². The highest BCUT2D eigenvalue weighted by molar-refractivity contribution is 7.86. The Morgan fingerprint density at radius 3 is 2.06 bits per heavy atom. The maximum absolute atomic E-state index is 13.3. The summed E-state index contributed by atoms with van der Waals surface area (Å²) in [5.74, 6) is -1.70. The number of rotatable bonds is 4.